The number of aliphatic hydroxyl groups excluding tert-OH is 1. The smallest absolute Gasteiger partial charge is 0.250 e. The molecule has 1 aromatic rings. The van der Waals surface area contributed by atoms with E-state index in [9.17, 15) is 14.7 Å². The largest absolute Gasteiger partial charge is 0.389 e. The fourth-order valence-electron chi connectivity index (χ4n) is 2.23. The van der Waals surface area contributed by atoms with Crippen LogP contribution >= 0.6 is 0 Å². The molecule has 1 aromatic heterocycles. The molecule has 0 spiro atoms. The number of nitrogens with one attached hydrogen (secondary N) is 1. The highest BCUT2D eigenvalue weighted by Gasteiger charge is 2.21. The molecule has 2 N–H and O–H groups in total. The van der Waals surface area contributed by atoms with E-state index >= 15 is 0 Å². The van der Waals surface area contributed by atoms with Crippen molar-refractivity contribution in [3.8, 4) is 0 Å². The molecule has 110 valence electrons. The number of aliphatic hydroxyl groups is 1. The second-order valence-electron chi connectivity index (χ2n) is 4.98. The zero-order valence-electron chi connectivity index (χ0n) is 11.3. The summed E-state index contributed by atoms with van der Waals surface area (Å²) in [6.45, 7) is 1.55. The van der Waals surface area contributed by atoms with Crippen LogP contribution in [0.15, 0.2) is 29.2 Å². The van der Waals surface area contributed by atoms with Gasteiger partial charge in [-0.05, 0) is 18.9 Å². The predicted molar refractivity (Wildman–Crippen MR) is 73.3 cm³/mol. The second kappa shape index (κ2) is 7.21. The first-order valence-corrected chi connectivity index (χ1v) is 6.86. The van der Waals surface area contributed by atoms with Gasteiger partial charge < -0.3 is 19.7 Å². The monoisotopic (exact) mass is 280 g/mol. The van der Waals surface area contributed by atoms with Crippen LogP contribution in [0.1, 0.15) is 12.8 Å². The third-order valence-corrected chi connectivity index (χ3v) is 3.41. The molecule has 2 rings (SSSR count). The van der Waals surface area contributed by atoms with Crippen LogP contribution in [-0.4, -0.2) is 41.4 Å². The van der Waals surface area contributed by atoms with Gasteiger partial charge in [0, 0.05) is 37.9 Å². The van der Waals surface area contributed by atoms with Gasteiger partial charge in [0.25, 0.3) is 5.56 Å². The number of carbonyl (C=O) groups excluding carboxylic acids is 1. The van der Waals surface area contributed by atoms with Crippen molar-refractivity contribution in [1.82, 2.24) is 9.88 Å². The van der Waals surface area contributed by atoms with Gasteiger partial charge in [0.1, 0.15) is 0 Å². The molecule has 0 aliphatic carbocycles. The Morgan fingerprint density at radius 3 is 2.90 bits per heavy atom. The van der Waals surface area contributed by atoms with Crippen LogP contribution < -0.4 is 10.9 Å². The van der Waals surface area contributed by atoms with E-state index in [4.69, 9.17) is 4.74 Å². The molecule has 1 unspecified atom stereocenters. The molecule has 1 aliphatic rings. The molecule has 0 bridgehead atoms. The Hall–Kier alpha value is -1.66. The molecule has 0 radical (unpaired) electrons. The Balaban J connectivity index is 1.77. The number of aromatic nitrogens is 1. The Morgan fingerprint density at radius 2 is 2.20 bits per heavy atom. The van der Waals surface area contributed by atoms with Crippen molar-refractivity contribution in [3.05, 3.63) is 34.7 Å². The summed E-state index contributed by atoms with van der Waals surface area (Å²) < 4.78 is 6.62. The third kappa shape index (κ3) is 4.18. The van der Waals surface area contributed by atoms with Gasteiger partial charge in [-0.25, -0.2) is 0 Å². The first-order chi connectivity index (χ1) is 9.66. The summed E-state index contributed by atoms with van der Waals surface area (Å²) in [6.07, 6.45) is 2.28. The maximum Gasteiger partial charge on any atom is 0.250 e. The van der Waals surface area contributed by atoms with E-state index in [2.05, 4.69) is 5.32 Å². The van der Waals surface area contributed by atoms with E-state index in [1.807, 2.05) is 0 Å². The van der Waals surface area contributed by atoms with Crippen LogP contribution in [-0.2, 0) is 16.1 Å². The van der Waals surface area contributed by atoms with Gasteiger partial charge in [-0.2, -0.15) is 0 Å². The van der Waals surface area contributed by atoms with Crippen molar-refractivity contribution in [3.63, 3.8) is 0 Å². The lowest BCUT2D eigenvalue weighted by Gasteiger charge is -2.22. The highest BCUT2D eigenvalue weighted by molar-refractivity contribution is 5.78. The first-order valence-electron chi connectivity index (χ1n) is 6.86. The lowest BCUT2D eigenvalue weighted by molar-refractivity contribution is -0.128. The lowest BCUT2D eigenvalue weighted by atomic mass is 9.99. The van der Waals surface area contributed by atoms with Gasteiger partial charge in [0.05, 0.1) is 12.6 Å². The van der Waals surface area contributed by atoms with Gasteiger partial charge in [-0.15, -0.1) is 0 Å². The molecule has 6 nitrogen and oxygen atoms in total. The molecule has 1 atom stereocenters. The van der Waals surface area contributed by atoms with E-state index < -0.39 is 6.10 Å². The SMILES string of the molecule is O=C(NCC(O)Cn1ccccc1=O)C1CCOCC1. The molecular formula is C14H20N2O4. The lowest BCUT2D eigenvalue weighted by Crippen LogP contribution is -2.40. The number of ether oxygens (including phenoxy) is 1. The fourth-order valence-corrected chi connectivity index (χ4v) is 2.23. The van der Waals surface area contributed by atoms with Crippen LogP contribution in [0.2, 0.25) is 0 Å². The molecule has 1 aliphatic heterocycles. The average molecular weight is 280 g/mol. The Bertz CT molecular complexity index is 494. The maximum absolute atomic E-state index is 11.9. The quantitative estimate of drug-likeness (QED) is 0.779. The normalized spacial score (nSPS) is 17.6. The topological polar surface area (TPSA) is 80.6 Å². The van der Waals surface area contributed by atoms with Crippen molar-refractivity contribution in [2.24, 2.45) is 5.92 Å². The third-order valence-electron chi connectivity index (χ3n) is 3.41. The predicted octanol–water partition coefficient (Wildman–Crippen LogP) is -0.248. The number of rotatable bonds is 5. The number of hydrogen-bond donors (Lipinski definition) is 2. The van der Waals surface area contributed by atoms with Crippen molar-refractivity contribution in [1.29, 1.82) is 0 Å². The fraction of sp³-hybridized carbons (Fsp3) is 0.571. The summed E-state index contributed by atoms with van der Waals surface area (Å²) in [4.78, 5) is 23.4. The molecule has 1 fully saturated rings. The van der Waals surface area contributed by atoms with E-state index in [0.29, 0.717) is 13.2 Å². The number of amides is 1. The molecule has 1 amide bonds. The van der Waals surface area contributed by atoms with E-state index in [1.165, 1.54) is 10.6 Å². The van der Waals surface area contributed by atoms with Crippen molar-refractivity contribution < 1.29 is 14.6 Å². The number of nitrogens with zero attached hydrogens (tertiary/aromatic N) is 1. The van der Waals surface area contributed by atoms with Gasteiger partial charge in [0.2, 0.25) is 5.91 Å². The van der Waals surface area contributed by atoms with E-state index in [1.54, 1.807) is 18.3 Å². The average Bonchev–Trinajstić information content (AvgIpc) is 2.48. The summed E-state index contributed by atoms with van der Waals surface area (Å²) in [6, 6.07) is 4.82. The molecule has 20 heavy (non-hydrogen) atoms. The minimum Gasteiger partial charge on any atom is -0.389 e. The first kappa shape index (κ1) is 14.7. The molecular weight excluding hydrogens is 260 g/mol. The van der Waals surface area contributed by atoms with Gasteiger partial charge in [-0.1, -0.05) is 6.07 Å². The summed E-state index contributed by atoms with van der Waals surface area (Å²) in [5, 5.41) is 12.6. The zero-order valence-corrected chi connectivity index (χ0v) is 11.3. The van der Waals surface area contributed by atoms with E-state index in [0.717, 1.165) is 12.8 Å². The second-order valence-corrected chi connectivity index (χ2v) is 4.98. The summed E-state index contributed by atoms with van der Waals surface area (Å²) in [5.41, 5.74) is -0.165. The van der Waals surface area contributed by atoms with Gasteiger partial charge in [0.15, 0.2) is 0 Å². The van der Waals surface area contributed by atoms with Crippen LogP contribution in [0.25, 0.3) is 0 Å². The Labute approximate surface area is 117 Å². The minimum absolute atomic E-state index is 0.0320. The Morgan fingerprint density at radius 1 is 1.45 bits per heavy atom. The summed E-state index contributed by atoms with van der Waals surface area (Å²) in [7, 11) is 0. The van der Waals surface area contributed by atoms with Gasteiger partial charge >= 0.3 is 0 Å². The van der Waals surface area contributed by atoms with E-state index in [-0.39, 0.29) is 30.5 Å². The van der Waals surface area contributed by atoms with Crippen molar-refractivity contribution in [2.45, 2.75) is 25.5 Å². The van der Waals surface area contributed by atoms with Gasteiger partial charge in [-0.3, -0.25) is 9.59 Å². The van der Waals surface area contributed by atoms with Crippen LogP contribution in [0.4, 0.5) is 0 Å². The van der Waals surface area contributed by atoms with Crippen LogP contribution in [0.5, 0.6) is 0 Å². The molecule has 2 heterocycles. The Kier molecular flexibility index (Phi) is 5.31. The zero-order chi connectivity index (χ0) is 14.4. The molecule has 0 saturated carbocycles. The summed E-state index contributed by atoms with van der Waals surface area (Å²) >= 11 is 0. The summed E-state index contributed by atoms with van der Waals surface area (Å²) in [5.74, 6) is -0.0804. The number of hydrogen-bond acceptors (Lipinski definition) is 4. The number of pyridine rings is 1. The van der Waals surface area contributed by atoms with Crippen LogP contribution in [0.3, 0.4) is 0 Å². The van der Waals surface area contributed by atoms with Crippen molar-refractivity contribution >= 4 is 5.91 Å². The number of carbonyl (C=O) groups is 1. The molecule has 6 heteroatoms. The minimum atomic E-state index is -0.779. The van der Waals surface area contributed by atoms with Crippen molar-refractivity contribution in [2.75, 3.05) is 19.8 Å². The molecule has 1 saturated heterocycles. The highest BCUT2D eigenvalue weighted by Crippen LogP contribution is 2.14. The maximum atomic E-state index is 11.9. The van der Waals surface area contributed by atoms with Crippen LogP contribution in [0, 0.1) is 5.92 Å². The highest BCUT2D eigenvalue weighted by atomic mass is 16.5. The standard InChI is InChI=1S/C14H20N2O4/c17-12(10-16-6-2-1-3-13(16)18)9-15-14(19)11-4-7-20-8-5-11/h1-3,6,11-12,17H,4-5,7-10H2,(H,15,19). The molecule has 0 aromatic carbocycles.